The third-order valence-corrected chi connectivity index (χ3v) is 5.25. The fraction of sp³-hybridized carbons (Fsp3) is 0.235. The van der Waals surface area contributed by atoms with E-state index in [4.69, 9.17) is 0 Å². The zero-order chi connectivity index (χ0) is 14.5. The van der Waals surface area contributed by atoms with Gasteiger partial charge in [-0.1, -0.05) is 55.5 Å². The van der Waals surface area contributed by atoms with Crippen molar-refractivity contribution in [1.82, 2.24) is 0 Å². The van der Waals surface area contributed by atoms with Gasteiger partial charge in [-0.2, -0.15) is 0 Å². The molecule has 2 nitrogen and oxygen atoms in total. The summed E-state index contributed by atoms with van der Waals surface area (Å²) < 4.78 is 12.7. The molecule has 0 saturated carbocycles. The van der Waals surface area contributed by atoms with Gasteiger partial charge in [0.2, 0.25) is 0 Å². The number of aryl methyl sites for hydroxylation is 1. The minimum absolute atomic E-state index is 0.0466. The molecule has 0 amide bonds. The van der Waals surface area contributed by atoms with Gasteiger partial charge in [-0.15, -0.1) is 0 Å². The molecule has 2 aromatic carbocycles. The van der Waals surface area contributed by atoms with Gasteiger partial charge in [0.1, 0.15) is 5.25 Å². The van der Waals surface area contributed by atoms with Crippen molar-refractivity contribution >= 4 is 16.6 Å². The van der Waals surface area contributed by atoms with Gasteiger partial charge >= 0.3 is 0 Å². The van der Waals surface area contributed by atoms with Gasteiger partial charge < -0.3 is 0 Å². The topological polar surface area (TPSA) is 34.1 Å². The SMILES string of the molecule is CCC(C(=O)c1ccccc1)S(=O)c1ccccc1C. The van der Waals surface area contributed by atoms with E-state index in [0.717, 1.165) is 10.5 Å². The number of rotatable bonds is 5. The Bertz CT molecular complexity index is 620. The Morgan fingerprint density at radius 3 is 2.25 bits per heavy atom. The molecule has 0 N–H and O–H groups in total. The van der Waals surface area contributed by atoms with Crippen molar-refractivity contribution in [2.45, 2.75) is 30.4 Å². The van der Waals surface area contributed by atoms with Crippen LogP contribution in [0.3, 0.4) is 0 Å². The summed E-state index contributed by atoms with van der Waals surface area (Å²) in [6.45, 7) is 3.83. The van der Waals surface area contributed by atoms with E-state index in [0.29, 0.717) is 12.0 Å². The minimum atomic E-state index is -1.31. The van der Waals surface area contributed by atoms with Crippen molar-refractivity contribution < 1.29 is 9.00 Å². The molecule has 0 fully saturated rings. The summed E-state index contributed by atoms with van der Waals surface area (Å²) in [5, 5.41) is -0.487. The number of hydrogen-bond acceptors (Lipinski definition) is 2. The lowest BCUT2D eigenvalue weighted by atomic mass is 10.1. The molecule has 2 rings (SSSR count). The first-order valence-corrected chi connectivity index (χ1v) is 7.92. The molecule has 0 saturated heterocycles. The second-order valence-electron chi connectivity index (χ2n) is 4.69. The van der Waals surface area contributed by atoms with Crippen LogP contribution in [0, 0.1) is 6.92 Å². The summed E-state index contributed by atoms with van der Waals surface area (Å²) in [4.78, 5) is 13.3. The van der Waals surface area contributed by atoms with E-state index in [9.17, 15) is 9.00 Å². The fourth-order valence-corrected chi connectivity index (χ4v) is 3.70. The number of ketones is 1. The average molecular weight is 286 g/mol. The molecule has 0 spiro atoms. The summed E-state index contributed by atoms with van der Waals surface area (Å²) in [7, 11) is -1.31. The molecule has 0 aliphatic carbocycles. The second kappa shape index (κ2) is 6.62. The van der Waals surface area contributed by atoms with Crippen LogP contribution in [0.1, 0.15) is 29.3 Å². The highest BCUT2D eigenvalue weighted by Gasteiger charge is 2.26. The summed E-state index contributed by atoms with van der Waals surface area (Å²) >= 11 is 0. The number of carbonyl (C=O) groups excluding carboxylic acids is 1. The predicted molar refractivity (Wildman–Crippen MR) is 82.4 cm³/mol. The van der Waals surface area contributed by atoms with Crippen LogP contribution in [-0.4, -0.2) is 15.2 Å². The van der Waals surface area contributed by atoms with E-state index in [1.54, 1.807) is 12.1 Å². The fourth-order valence-electron chi connectivity index (χ4n) is 2.16. The molecule has 2 atom stereocenters. The Morgan fingerprint density at radius 1 is 1.05 bits per heavy atom. The van der Waals surface area contributed by atoms with Crippen LogP contribution in [0.25, 0.3) is 0 Å². The lowest BCUT2D eigenvalue weighted by Crippen LogP contribution is -2.26. The molecule has 3 heteroatoms. The summed E-state index contributed by atoms with van der Waals surface area (Å²) in [5.74, 6) is -0.0466. The highest BCUT2D eigenvalue weighted by Crippen LogP contribution is 2.20. The van der Waals surface area contributed by atoms with Gasteiger partial charge in [-0.05, 0) is 25.0 Å². The lowest BCUT2D eigenvalue weighted by Gasteiger charge is -2.15. The zero-order valence-corrected chi connectivity index (χ0v) is 12.5. The Balaban J connectivity index is 2.31. The zero-order valence-electron chi connectivity index (χ0n) is 11.7. The van der Waals surface area contributed by atoms with Crippen molar-refractivity contribution in [2.75, 3.05) is 0 Å². The maximum absolute atomic E-state index is 12.7. The Labute approximate surface area is 122 Å². The van der Waals surface area contributed by atoms with Crippen molar-refractivity contribution in [3.63, 3.8) is 0 Å². The van der Waals surface area contributed by atoms with Gasteiger partial charge in [0.25, 0.3) is 0 Å². The van der Waals surface area contributed by atoms with Crippen molar-refractivity contribution in [1.29, 1.82) is 0 Å². The third kappa shape index (κ3) is 3.05. The Morgan fingerprint density at radius 2 is 1.65 bits per heavy atom. The highest BCUT2D eigenvalue weighted by atomic mass is 32.2. The van der Waals surface area contributed by atoms with E-state index >= 15 is 0 Å². The van der Waals surface area contributed by atoms with Crippen LogP contribution in [0.5, 0.6) is 0 Å². The predicted octanol–water partition coefficient (Wildman–Crippen LogP) is 3.76. The van der Waals surface area contributed by atoms with Gasteiger partial charge in [-0.25, -0.2) is 0 Å². The quantitative estimate of drug-likeness (QED) is 0.784. The molecule has 0 bridgehead atoms. The molecular formula is C17H18O2S. The molecule has 0 aliphatic heterocycles. The largest absolute Gasteiger partial charge is 0.293 e. The lowest BCUT2D eigenvalue weighted by molar-refractivity contribution is 0.0986. The van der Waals surface area contributed by atoms with E-state index in [2.05, 4.69) is 0 Å². The molecule has 0 aliphatic rings. The van der Waals surface area contributed by atoms with Crippen LogP contribution in [0.2, 0.25) is 0 Å². The molecule has 0 heterocycles. The molecule has 0 aromatic heterocycles. The molecule has 2 unspecified atom stereocenters. The summed E-state index contributed by atoms with van der Waals surface area (Å²) in [6, 6.07) is 16.6. The van der Waals surface area contributed by atoms with Crippen LogP contribution in [0.15, 0.2) is 59.5 Å². The summed E-state index contributed by atoms with van der Waals surface area (Å²) in [6.07, 6.45) is 0.564. The van der Waals surface area contributed by atoms with Crippen molar-refractivity contribution in [3.05, 3.63) is 65.7 Å². The summed E-state index contributed by atoms with van der Waals surface area (Å²) in [5.41, 5.74) is 1.59. The first-order valence-electron chi connectivity index (χ1n) is 6.70. The Kier molecular flexibility index (Phi) is 4.85. The maximum Gasteiger partial charge on any atom is 0.178 e. The van der Waals surface area contributed by atoms with E-state index in [1.807, 2.05) is 56.3 Å². The van der Waals surface area contributed by atoms with Crippen LogP contribution < -0.4 is 0 Å². The van der Waals surface area contributed by atoms with Crippen LogP contribution in [0.4, 0.5) is 0 Å². The average Bonchev–Trinajstić information content (AvgIpc) is 2.49. The van der Waals surface area contributed by atoms with Crippen molar-refractivity contribution in [3.8, 4) is 0 Å². The van der Waals surface area contributed by atoms with Crippen LogP contribution in [-0.2, 0) is 10.8 Å². The van der Waals surface area contributed by atoms with Gasteiger partial charge in [0, 0.05) is 10.5 Å². The highest BCUT2D eigenvalue weighted by molar-refractivity contribution is 7.86. The molecule has 2 aromatic rings. The number of benzene rings is 2. The maximum atomic E-state index is 12.7. The van der Waals surface area contributed by atoms with Crippen molar-refractivity contribution in [2.24, 2.45) is 0 Å². The minimum Gasteiger partial charge on any atom is -0.293 e. The molecular weight excluding hydrogens is 268 g/mol. The molecule has 20 heavy (non-hydrogen) atoms. The first-order chi connectivity index (χ1) is 9.65. The standard InChI is InChI=1S/C17H18O2S/c1-3-15(17(18)14-10-5-4-6-11-14)20(19)16-12-8-7-9-13(16)2/h4-12,15H,3H2,1-2H3. The monoisotopic (exact) mass is 286 g/mol. The number of Topliss-reactive ketones (excluding diaryl/α,β-unsaturated/α-hetero) is 1. The van der Waals surface area contributed by atoms with Crippen LogP contribution >= 0.6 is 0 Å². The normalized spacial score (nSPS) is 13.7. The van der Waals surface area contributed by atoms with E-state index in [1.165, 1.54) is 0 Å². The first kappa shape index (κ1) is 14.7. The second-order valence-corrected chi connectivity index (χ2v) is 6.29. The van der Waals surface area contributed by atoms with Gasteiger partial charge in [0.05, 0.1) is 10.8 Å². The molecule has 104 valence electrons. The van der Waals surface area contributed by atoms with E-state index in [-0.39, 0.29) is 5.78 Å². The smallest absolute Gasteiger partial charge is 0.178 e. The molecule has 0 radical (unpaired) electrons. The number of carbonyl (C=O) groups is 1. The number of hydrogen-bond donors (Lipinski definition) is 0. The Hall–Kier alpha value is -1.74. The van der Waals surface area contributed by atoms with Gasteiger partial charge in [0.15, 0.2) is 5.78 Å². The van der Waals surface area contributed by atoms with E-state index < -0.39 is 16.0 Å². The third-order valence-electron chi connectivity index (χ3n) is 3.29. The van der Waals surface area contributed by atoms with Gasteiger partial charge in [-0.3, -0.25) is 9.00 Å².